The van der Waals surface area contributed by atoms with Crippen LogP contribution in [-0.2, 0) is 26.0 Å². The smallest absolute Gasteiger partial charge is 0.246 e. The monoisotopic (exact) mass is 449 g/mol. The molecule has 32 heavy (non-hydrogen) atoms. The molecule has 2 aliphatic heterocycles. The lowest BCUT2D eigenvalue weighted by molar-refractivity contribution is -0.151. The van der Waals surface area contributed by atoms with Gasteiger partial charge in [0.25, 0.3) is 0 Å². The number of fused-ring (bicyclic) bond motifs is 2. The molecule has 1 N–H and O–H groups in total. The molecule has 0 bridgehead atoms. The molecule has 164 valence electrons. The first-order valence-corrected chi connectivity index (χ1v) is 12.0. The average Bonchev–Trinajstić information content (AvgIpc) is 2.82. The van der Waals surface area contributed by atoms with Crippen molar-refractivity contribution in [2.24, 2.45) is 0 Å². The van der Waals surface area contributed by atoms with Crippen molar-refractivity contribution in [1.29, 1.82) is 0 Å². The molecular formula is C24H23N3O4S. The number of rotatable bonds is 4. The summed E-state index contributed by atoms with van der Waals surface area (Å²) in [6.07, 6.45) is 0.409. The Kier molecular flexibility index (Phi) is 5.19. The lowest BCUT2D eigenvalue weighted by Crippen LogP contribution is -2.69. The van der Waals surface area contributed by atoms with Gasteiger partial charge in [-0.3, -0.25) is 9.59 Å². The number of hydrogen-bond donors (Lipinski definition) is 1. The second kappa shape index (κ2) is 8.03. The Morgan fingerprint density at radius 3 is 2.41 bits per heavy atom. The fraction of sp³-hybridized carbons (Fsp3) is 0.250. The molecule has 5 rings (SSSR count). The molecule has 0 saturated carbocycles. The number of carbonyl (C=O) groups is 2. The maximum Gasteiger partial charge on any atom is 0.246 e. The highest BCUT2D eigenvalue weighted by Gasteiger charge is 2.45. The average molecular weight is 450 g/mol. The molecule has 2 aliphatic rings. The second-order valence-electron chi connectivity index (χ2n) is 8.14. The Morgan fingerprint density at radius 1 is 0.875 bits per heavy atom. The molecule has 0 radical (unpaired) electrons. The van der Waals surface area contributed by atoms with E-state index >= 15 is 0 Å². The fourth-order valence-electron chi connectivity index (χ4n) is 4.54. The van der Waals surface area contributed by atoms with Crippen LogP contribution < -0.4 is 5.32 Å². The summed E-state index contributed by atoms with van der Waals surface area (Å²) < 4.78 is 28.2. The third-order valence-electron chi connectivity index (χ3n) is 6.19. The number of benzene rings is 3. The van der Waals surface area contributed by atoms with E-state index < -0.39 is 22.1 Å². The third kappa shape index (κ3) is 3.55. The summed E-state index contributed by atoms with van der Waals surface area (Å²) in [4.78, 5) is 27.7. The first-order valence-electron chi connectivity index (χ1n) is 10.6. The Labute approximate surface area is 186 Å². The van der Waals surface area contributed by atoms with Crippen LogP contribution in [0.25, 0.3) is 10.8 Å². The van der Waals surface area contributed by atoms with E-state index in [-0.39, 0.29) is 36.3 Å². The molecule has 2 saturated heterocycles. The van der Waals surface area contributed by atoms with E-state index in [4.69, 9.17) is 0 Å². The fourth-order valence-corrected chi connectivity index (χ4v) is 6.19. The van der Waals surface area contributed by atoms with Crippen LogP contribution in [0.15, 0.2) is 77.7 Å². The van der Waals surface area contributed by atoms with Gasteiger partial charge >= 0.3 is 0 Å². The van der Waals surface area contributed by atoms with Crippen LogP contribution in [0.5, 0.6) is 0 Å². The van der Waals surface area contributed by atoms with Gasteiger partial charge in [0.2, 0.25) is 21.8 Å². The predicted octanol–water partition coefficient (Wildman–Crippen LogP) is 1.78. The second-order valence-corrected chi connectivity index (χ2v) is 10.0. The Morgan fingerprint density at radius 2 is 1.59 bits per heavy atom. The van der Waals surface area contributed by atoms with Crippen LogP contribution >= 0.6 is 0 Å². The minimum Gasteiger partial charge on any atom is -0.342 e. The van der Waals surface area contributed by atoms with Gasteiger partial charge in [0.05, 0.1) is 4.90 Å². The highest BCUT2D eigenvalue weighted by Crippen LogP contribution is 2.28. The van der Waals surface area contributed by atoms with Gasteiger partial charge in [-0.1, -0.05) is 66.7 Å². The number of hydrogen-bond acceptors (Lipinski definition) is 4. The summed E-state index contributed by atoms with van der Waals surface area (Å²) in [5.41, 5.74) is 0.960. The van der Waals surface area contributed by atoms with E-state index in [9.17, 15) is 18.0 Å². The molecule has 0 aliphatic carbocycles. The van der Waals surface area contributed by atoms with Crippen molar-refractivity contribution in [2.45, 2.75) is 23.4 Å². The van der Waals surface area contributed by atoms with E-state index in [1.165, 1.54) is 9.21 Å². The summed E-state index contributed by atoms with van der Waals surface area (Å²) >= 11 is 0. The van der Waals surface area contributed by atoms with E-state index in [1.54, 1.807) is 24.3 Å². The van der Waals surface area contributed by atoms with Gasteiger partial charge in [0.1, 0.15) is 12.1 Å². The number of carbonyl (C=O) groups excluding carboxylic acids is 2. The zero-order valence-corrected chi connectivity index (χ0v) is 18.2. The first-order chi connectivity index (χ1) is 15.4. The van der Waals surface area contributed by atoms with Crippen molar-refractivity contribution in [1.82, 2.24) is 14.5 Å². The predicted molar refractivity (Wildman–Crippen MR) is 120 cm³/mol. The molecule has 2 amide bonds. The quantitative estimate of drug-likeness (QED) is 0.658. The van der Waals surface area contributed by atoms with Gasteiger partial charge < -0.3 is 10.2 Å². The van der Waals surface area contributed by atoms with E-state index in [2.05, 4.69) is 5.32 Å². The Hall–Kier alpha value is -3.23. The molecular weight excluding hydrogens is 426 g/mol. The molecule has 0 spiro atoms. The van der Waals surface area contributed by atoms with E-state index in [0.717, 1.165) is 10.9 Å². The van der Waals surface area contributed by atoms with Gasteiger partial charge in [-0.05, 0) is 17.0 Å². The SMILES string of the molecule is O=C1N[C@@H](Cc2ccccc2)C(=O)N2CCN(S(=O)(=O)c3cccc4ccccc34)C[C@H]12. The zero-order chi connectivity index (χ0) is 22.3. The number of piperazine rings is 2. The third-order valence-corrected chi connectivity index (χ3v) is 8.12. The van der Waals surface area contributed by atoms with E-state index in [0.29, 0.717) is 11.8 Å². The van der Waals surface area contributed by atoms with Crippen LogP contribution in [0.1, 0.15) is 5.56 Å². The standard InChI is InChI=1S/C24H23N3O4S/c28-23-21-16-26(32(30,31)22-12-6-10-18-9-4-5-11-19(18)22)13-14-27(21)24(29)20(25-23)15-17-7-2-1-3-8-17/h1-12,20-21H,13-16H2,(H,25,28)/t20-,21+/m0/s1. The number of nitrogens with zero attached hydrogens (tertiary/aromatic N) is 2. The van der Waals surface area contributed by atoms with Crippen molar-refractivity contribution in [3.63, 3.8) is 0 Å². The van der Waals surface area contributed by atoms with E-state index in [1.807, 2.05) is 48.5 Å². The summed E-state index contributed by atoms with van der Waals surface area (Å²) in [7, 11) is -3.83. The summed E-state index contributed by atoms with van der Waals surface area (Å²) in [5, 5.41) is 4.28. The normalized spacial score (nSPS) is 21.9. The summed E-state index contributed by atoms with van der Waals surface area (Å²) in [6, 6.07) is 20.5. The van der Waals surface area contributed by atoms with Crippen LogP contribution in [0.4, 0.5) is 0 Å². The van der Waals surface area contributed by atoms with Crippen LogP contribution in [-0.4, -0.2) is 61.2 Å². The molecule has 2 fully saturated rings. The van der Waals surface area contributed by atoms with Crippen LogP contribution in [0.3, 0.4) is 0 Å². The Balaban J connectivity index is 1.38. The van der Waals surface area contributed by atoms with Gasteiger partial charge in [-0.2, -0.15) is 4.31 Å². The zero-order valence-electron chi connectivity index (χ0n) is 17.3. The lowest BCUT2D eigenvalue weighted by atomic mass is 9.99. The van der Waals surface area contributed by atoms with Crippen molar-refractivity contribution in [3.8, 4) is 0 Å². The molecule has 3 aromatic carbocycles. The van der Waals surface area contributed by atoms with Crippen molar-refractivity contribution >= 4 is 32.6 Å². The molecule has 7 nitrogen and oxygen atoms in total. The van der Waals surface area contributed by atoms with Crippen molar-refractivity contribution < 1.29 is 18.0 Å². The minimum atomic E-state index is -3.83. The molecule has 3 aromatic rings. The largest absolute Gasteiger partial charge is 0.342 e. The molecule has 8 heteroatoms. The maximum atomic E-state index is 13.5. The number of nitrogens with one attached hydrogen (secondary N) is 1. The van der Waals surface area contributed by atoms with Crippen LogP contribution in [0, 0.1) is 0 Å². The first kappa shape index (κ1) is 20.7. The lowest BCUT2D eigenvalue weighted by Gasteiger charge is -2.44. The topological polar surface area (TPSA) is 86.8 Å². The number of sulfonamides is 1. The highest BCUT2D eigenvalue weighted by atomic mass is 32.2. The minimum absolute atomic E-state index is 0.0544. The number of amides is 2. The summed E-state index contributed by atoms with van der Waals surface area (Å²) in [6.45, 7) is 0.284. The van der Waals surface area contributed by atoms with Gasteiger partial charge in [0.15, 0.2) is 0 Å². The van der Waals surface area contributed by atoms with Crippen LogP contribution in [0.2, 0.25) is 0 Å². The van der Waals surface area contributed by atoms with Crippen molar-refractivity contribution in [2.75, 3.05) is 19.6 Å². The highest BCUT2D eigenvalue weighted by molar-refractivity contribution is 7.89. The molecule has 2 atom stereocenters. The van der Waals surface area contributed by atoms with Gasteiger partial charge in [-0.15, -0.1) is 0 Å². The van der Waals surface area contributed by atoms with Gasteiger partial charge in [0, 0.05) is 31.4 Å². The Bertz CT molecular complexity index is 1290. The molecule has 0 unspecified atom stereocenters. The maximum absolute atomic E-state index is 13.5. The molecule has 2 heterocycles. The summed E-state index contributed by atoms with van der Waals surface area (Å²) in [5.74, 6) is -0.482. The van der Waals surface area contributed by atoms with Crippen molar-refractivity contribution in [3.05, 3.63) is 78.4 Å². The molecule has 0 aromatic heterocycles. The van der Waals surface area contributed by atoms with Gasteiger partial charge in [-0.25, -0.2) is 8.42 Å².